The lowest BCUT2D eigenvalue weighted by Crippen LogP contribution is -2.38. The molecule has 0 aliphatic heterocycles. The maximum atomic E-state index is 11.8. The van der Waals surface area contributed by atoms with Gasteiger partial charge in [-0.1, -0.05) is 19.1 Å². The quantitative estimate of drug-likeness (QED) is 0.802. The summed E-state index contributed by atoms with van der Waals surface area (Å²) in [5.74, 6) is 0.774. The van der Waals surface area contributed by atoms with Crippen LogP contribution in [0.15, 0.2) is 41.5 Å². The van der Waals surface area contributed by atoms with Crippen molar-refractivity contribution in [2.75, 3.05) is 13.7 Å². The zero-order chi connectivity index (χ0) is 17.4. The van der Waals surface area contributed by atoms with Crippen LogP contribution >= 0.6 is 0 Å². The van der Waals surface area contributed by atoms with E-state index in [1.54, 1.807) is 7.11 Å². The van der Waals surface area contributed by atoms with E-state index in [1.165, 1.54) is 17.0 Å². The van der Waals surface area contributed by atoms with E-state index < -0.39 is 0 Å². The molecule has 0 unspecified atom stereocenters. The van der Waals surface area contributed by atoms with Gasteiger partial charge in [0.25, 0.3) is 5.56 Å². The highest BCUT2D eigenvalue weighted by molar-refractivity contribution is 5.73. The predicted molar refractivity (Wildman–Crippen MR) is 91.1 cm³/mol. The second-order valence-corrected chi connectivity index (χ2v) is 5.22. The smallest absolute Gasteiger partial charge is 0.315 e. The van der Waals surface area contributed by atoms with E-state index in [1.807, 2.05) is 31.2 Å². The van der Waals surface area contributed by atoms with Gasteiger partial charge in [0.15, 0.2) is 0 Å². The molecule has 0 bridgehead atoms. The number of hydrogen-bond acceptors (Lipinski definition) is 4. The van der Waals surface area contributed by atoms with Crippen molar-refractivity contribution in [1.82, 2.24) is 20.2 Å². The Hall–Kier alpha value is -2.83. The highest BCUT2D eigenvalue weighted by Crippen LogP contribution is 2.10. The molecule has 0 radical (unpaired) electrons. The van der Waals surface area contributed by atoms with Crippen LogP contribution in [-0.4, -0.2) is 29.2 Å². The second-order valence-electron chi connectivity index (χ2n) is 5.22. The van der Waals surface area contributed by atoms with Gasteiger partial charge in [0.1, 0.15) is 5.75 Å². The Labute approximate surface area is 140 Å². The van der Waals surface area contributed by atoms with Crippen molar-refractivity contribution in [3.05, 3.63) is 58.3 Å². The van der Waals surface area contributed by atoms with Gasteiger partial charge in [0.05, 0.1) is 13.4 Å². The van der Waals surface area contributed by atoms with E-state index in [2.05, 4.69) is 15.6 Å². The summed E-state index contributed by atoms with van der Waals surface area (Å²) in [7, 11) is 1.61. The summed E-state index contributed by atoms with van der Waals surface area (Å²) >= 11 is 0. The molecule has 2 N–H and O–H groups in total. The molecule has 0 spiro atoms. The fraction of sp³-hybridized carbons (Fsp3) is 0.353. The van der Waals surface area contributed by atoms with Gasteiger partial charge in [-0.3, -0.25) is 9.36 Å². The number of methoxy groups -OCH3 is 1. The minimum Gasteiger partial charge on any atom is -0.497 e. The number of nitrogens with zero attached hydrogens (tertiary/aromatic N) is 2. The van der Waals surface area contributed by atoms with Crippen LogP contribution in [0.3, 0.4) is 0 Å². The highest BCUT2D eigenvalue weighted by atomic mass is 16.5. The molecule has 24 heavy (non-hydrogen) atoms. The maximum absolute atomic E-state index is 11.8. The molecule has 7 heteroatoms. The van der Waals surface area contributed by atoms with E-state index in [9.17, 15) is 9.59 Å². The van der Waals surface area contributed by atoms with Crippen molar-refractivity contribution in [1.29, 1.82) is 0 Å². The van der Waals surface area contributed by atoms with Crippen LogP contribution in [0.5, 0.6) is 5.75 Å². The molecule has 2 aromatic rings. The molecule has 0 atom stereocenters. The summed E-state index contributed by atoms with van der Waals surface area (Å²) in [6, 6.07) is 8.70. The van der Waals surface area contributed by atoms with Crippen molar-refractivity contribution >= 4 is 6.03 Å². The fourth-order valence-electron chi connectivity index (χ4n) is 2.10. The number of benzene rings is 1. The number of urea groups is 1. The lowest BCUT2D eigenvalue weighted by Gasteiger charge is -2.09. The van der Waals surface area contributed by atoms with Crippen LogP contribution in [0.4, 0.5) is 4.79 Å². The van der Waals surface area contributed by atoms with E-state index in [0.717, 1.165) is 23.4 Å². The monoisotopic (exact) mass is 330 g/mol. The van der Waals surface area contributed by atoms with Gasteiger partial charge in [-0.05, 0) is 24.1 Å². The summed E-state index contributed by atoms with van der Waals surface area (Å²) in [6.45, 7) is 3.09. The Morgan fingerprint density at radius 3 is 2.62 bits per heavy atom. The molecule has 0 saturated heterocycles. The van der Waals surface area contributed by atoms with Crippen LogP contribution in [0.25, 0.3) is 0 Å². The third kappa shape index (κ3) is 5.12. The number of amides is 2. The molecule has 1 aromatic heterocycles. The molecule has 1 aromatic carbocycles. The highest BCUT2D eigenvalue weighted by Gasteiger charge is 2.02. The molecule has 128 valence electrons. The minimum absolute atomic E-state index is 0.109. The standard InChI is InChI=1S/C17H22N4O3/c1-3-14-10-16(22)21(12-20-14)9-8-18-17(23)19-11-13-4-6-15(24-2)7-5-13/h4-7,10,12H,3,8-9,11H2,1-2H3,(H2,18,19,23). The van der Waals surface area contributed by atoms with Crippen LogP contribution in [0.2, 0.25) is 0 Å². The van der Waals surface area contributed by atoms with Crippen LogP contribution in [-0.2, 0) is 19.5 Å². The molecule has 2 rings (SSSR count). The van der Waals surface area contributed by atoms with Crippen LogP contribution in [0.1, 0.15) is 18.2 Å². The largest absolute Gasteiger partial charge is 0.497 e. The summed E-state index contributed by atoms with van der Waals surface area (Å²) < 4.78 is 6.56. The Morgan fingerprint density at radius 1 is 1.25 bits per heavy atom. The number of aryl methyl sites for hydroxylation is 1. The van der Waals surface area contributed by atoms with Crippen molar-refractivity contribution in [2.24, 2.45) is 0 Å². The zero-order valence-electron chi connectivity index (χ0n) is 13.9. The second kappa shape index (κ2) is 8.71. The van der Waals surface area contributed by atoms with Gasteiger partial charge in [-0.2, -0.15) is 0 Å². The maximum Gasteiger partial charge on any atom is 0.315 e. The summed E-state index contributed by atoms with van der Waals surface area (Å²) in [4.78, 5) is 27.8. The molecule has 1 heterocycles. The van der Waals surface area contributed by atoms with Gasteiger partial charge < -0.3 is 15.4 Å². The molecule has 0 aliphatic carbocycles. The van der Waals surface area contributed by atoms with Crippen molar-refractivity contribution in [2.45, 2.75) is 26.4 Å². The molecule has 7 nitrogen and oxygen atoms in total. The van der Waals surface area contributed by atoms with E-state index in [-0.39, 0.29) is 11.6 Å². The third-order valence-corrected chi connectivity index (χ3v) is 3.55. The first-order valence-electron chi connectivity index (χ1n) is 7.82. The first-order chi connectivity index (χ1) is 11.6. The Balaban J connectivity index is 1.74. The van der Waals surface area contributed by atoms with Crippen LogP contribution in [0, 0.1) is 0 Å². The van der Waals surface area contributed by atoms with E-state index >= 15 is 0 Å². The van der Waals surface area contributed by atoms with Crippen molar-refractivity contribution < 1.29 is 9.53 Å². The molecular weight excluding hydrogens is 308 g/mol. The Kier molecular flexibility index (Phi) is 6.36. The lowest BCUT2D eigenvalue weighted by atomic mass is 10.2. The molecular formula is C17H22N4O3. The number of nitrogens with one attached hydrogen (secondary N) is 2. The number of aromatic nitrogens is 2. The molecule has 0 fully saturated rings. The Bertz CT molecular complexity index is 725. The average molecular weight is 330 g/mol. The number of rotatable bonds is 7. The van der Waals surface area contributed by atoms with Gasteiger partial charge >= 0.3 is 6.03 Å². The summed E-state index contributed by atoms with van der Waals surface area (Å²) in [5, 5.41) is 5.48. The number of carbonyl (C=O) groups is 1. The van der Waals surface area contributed by atoms with Gasteiger partial charge in [0, 0.05) is 31.4 Å². The Morgan fingerprint density at radius 2 is 2.00 bits per heavy atom. The molecule has 0 saturated carbocycles. The number of carbonyl (C=O) groups excluding carboxylic acids is 1. The normalized spacial score (nSPS) is 10.2. The summed E-state index contributed by atoms with van der Waals surface area (Å²) in [5.41, 5.74) is 1.63. The van der Waals surface area contributed by atoms with Crippen molar-refractivity contribution in [3.63, 3.8) is 0 Å². The van der Waals surface area contributed by atoms with E-state index in [0.29, 0.717) is 19.6 Å². The van der Waals surface area contributed by atoms with Crippen molar-refractivity contribution in [3.8, 4) is 5.75 Å². The minimum atomic E-state index is -0.281. The first-order valence-corrected chi connectivity index (χ1v) is 7.82. The average Bonchev–Trinajstić information content (AvgIpc) is 2.61. The zero-order valence-corrected chi connectivity index (χ0v) is 13.9. The number of ether oxygens (including phenoxy) is 1. The van der Waals surface area contributed by atoms with Gasteiger partial charge in [0.2, 0.25) is 0 Å². The molecule has 0 aliphatic rings. The first kappa shape index (κ1) is 17.5. The van der Waals surface area contributed by atoms with Crippen LogP contribution < -0.4 is 20.9 Å². The SMILES string of the molecule is CCc1cc(=O)n(CCNC(=O)NCc2ccc(OC)cc2)cn1. The topological polar surface area (TPSA) is 85.2 Å². The lowest BCUT2D eigenvalue weighted by molar-refractivity contribution is 0.240. The summed E-state index contributed by atoms with van der Waals surface area (Å²) in [6.07, 6.45) is 2.24. The predicted octanol–water partition coefficient (Wildman–Crippen LogP) is 1.31. The van der Waals surface area contributed by atoms with Gasteiger partial charge in [-0.25, -0.2) is 9.78 Å². The van der Waals surface area contributed by atoms with E-state index in [4.69, 9.17) is 4.74 Å². The van der Waals surface area contributed by atoms with Gasteiger partial charge in [-0.15, -0.1) is 0 Å². The number of hydrogen-bond donors (Lipinski definition) is 2. The fourth-order valence-corrected chi connectivity index (χ4v) is 2.10. The third-order valence-electron chi connectivity index (χ3n) is 3.55. The molecule has 2 amide bonds.